The van der Waals surface area contributed by atoms with Crippen LogP contribution in [-0.4, -0.2) is 13.2 Å². The van der Waals surface area contributed by atoms with Gasteiger partial charge >= 0.3 is 6.18 Å². The first-order chi connectivity index (χ1) is 7.05. The van der Waals surface area contributed by atoms with E-state index in [0.29, 0.717) is 0 Å². The van der Waals surface area contributed by atoms with Gasteiger partial charge in [0.25, 0.3) is 0 Å². The van der Waals surface area contributed by atoms with Gasteiger partial charge in [-0.1, -0.05) is 12.1 Å². The summed E-state index contributed by atoms with van der Waals surface area (Å²) in [6, 6.07) is 4.95. The van der Waals surface area contributed by atoms with E-state index in [4.69, 9.17) is 4.74 Å². The minimum atomic E-state index is -4.42. The van der Waals surface area contributed by atoms with Crippen LogP contribution in [0.3, 0.4) is 0 Å². The smallest absolute Gasteiger partial charge is 0.419 e. The van der Waals surface area contributed by atoms with Gasteiger partial charge in [-0.2, -0.15) is 13.2 Å². The Kier molecular flexibility index (Phi) is 3.96. The first-order valence-electron chi connectivity index (χ1n) is 4.43. The van der Waals surface area contributed by atoms with E-state index in [-0.39, 0.29) is 25.4 Å². The summed E-state index contributed by atoms with van der Waals surface area (Å²) in [5.74, 6) is -0.224. The molecule has 0 N–H and O–H groups in total. The fraction of sp³-hybridized carbons (Fsp3) is 0.400. The zero-order valence-electron chi connectivity index (χ0n) is 7.88. The standard InChI is InChI=1S/C10H10F3O2/c11-10(12,13)8-4-1-2-5-9(8)15-7-3-6-14/h1-2,4-5H,3,6-7H2. The third-order valence-corrected chi connectivity index (χ3v) is 1.74. The highest BCUT2D eigenvalue weighted by Gasteiger charge is 2.33. The third kappa shape index (κ3) is 3.43. The van der Waals surface area contributed by atoms with Crippen LogP contribution in [-0.2, 0) is 11.3 Å². The van der Waals surface area contributed by atoms with Crippen molar-refractivity contribution in [3.63, 3.8) is 0 Å². The van der Waals surface area contributed by atoms with E-state index in [1.54, 1.807) is 0 Å². The highest BCUT2D eigenvalue weighted by molar-refractivity contribution is 5.35. The second-order valence-corrected chi connectivity index (χ2v) is 2.90. The Hall–Kier alpha value is -1.23. The molecule has 0 bridgehead atoms. The summed E-state index contributed by atoms with van der Waals surface area (Å²) in [7, 11) is 0. The molecule has 0 aromatic heterocycles. The predicted octanol–water partition coefficient (Wildman–Crippen LogP) is 2.90. The second-order valence-electron chi connectivity index (χ2n) is 2.90. The van der Waals surface area contributed by atoms with Gasteiger partial charge in [-0.3, -0.25) is 0 Å². The molecular weight excluding hydrogens is 209 g/mol. The molecule has 83 valence electrons. The Morgan fingerprint density at radius 2 is 1.87 bits per heavy atom. The van der Waals surface area contributed by atoms with Crippen LogP contribution in [0.4, 0.5) is 13.2 Å². The largest absolute Gasteiger partial charge is 0.493 e. The number of rotatable bonds is 4. The van der Waals surface area contributed by atoms with Crippen molar-refractivity contribution in [1.29, 1.82) is 0 Å². The van der Waals surface area contributed by atoms with Gasteiger partial charge in [0.15, 0.2) is 0 Å². The molecule has 0 saturated carbocycles. The minimum Gasteiger partial charge on any atom is -0.493 e. The van der Waals surface area contributed by atoms with Crippen LogP contribution in [0, 0.1) is 0 Å². The number of hydrogen-bond acceptors (Lipinski definition) is 1. The number of benzene rings is 1. The molecule has 15 heavy (non-hydrogen) atoms. The van der Waals surface area contributed by atoms with Gasteiger partial charge in [-0.15, -0.1) is 0 Å². The van der Waals surface area contributed by atoms with Gasteiger partial charge in [0, 0.05) is 6.42 Å². The summed E-state index contributed by atoms with van der Waals surface area (Å²) in [6.07, 6.45) is -4.22. The molecule has 1 aromatic rings. The lowest BCUT2D eigenvalue weighted by molar-refractivity contribution is -0.139. The van der Waals surface area contributed by atoms with Crippen LogP contribution in [0.1, 0.15) is 12.0 Å². The maximum absolute atomic E-state index is 12.4. The molecule has 0 aliphatic heterocycles. The normalized spacial score (nSPS) is 11.5. The third-order valence-electron chi connectivity index (χ3n) is 1.74. The van der Waals surface area contributed by atoms with Crippen molar-refractivity contribution in [2.75, 3.05) is 13.2 Å². The summed E-state index contributed by atoms with van der Waals surface area (Å²) in [4.78, 5) is 0. The van der Waals surface area contributed by atoms with Gasteiger partial charge in [-0.05, 0) is 12.1 Å². The zero-order chi connectivity index (χ0) is 11.3. The molecule has 0 fully saturated rings. The van der Waals surface area contributed by atoms with Gasteiger partial charge in [0.1, 0.15) is 5.75 Å². The lowest BCUT2D eigenvalue weighted by Crippen LogP contribution is -2.09. The number of para-hydroxylation sites is 1. The summed E-state index contributed by atoms with van der Waals surface area (Å²) >= 11 is 0. The molecule has 0 spiro atoms. The fourth-order valence-electron chi connectivity index (χ4n) is 1.07. The molecule has 2 nitrogen and oxygen atoms in total. The molecular formula is C10H10F3O2. The number of hydrogen-bond donors (Lipinski definition) is 0. The first kappa shape index (κ1) is 11.8. The van der Waals surface area contributed by atoms with Crippen molar-refractivity contribution in [2.45, 2.75) is 12.6 Å². The van der Waals surface area contributed by atoms with Crippen LogP contribution in [0.25, 0.3) is 0 Å². The van der Waals surface area contributed by atoms with Gasteiger partial charge < -0.3 is 4.74 Å². The number of alkyl halides is 3. The van der Waals surface area contributed by atoms with Crippen LogP contribution in [0.15, 0.2) is 24.3 Å². The quantitative estimate of drug-likeness (QED) is 0.716. The highest BCUT2D eigenvalue weighted by Crippen LogP contribution is 2.35. The second kappa shape index (κ2) is 5.02. The van der Waals surface area contributed by atoms with Gasteiger partial charge in [0.05, 0.1) is 18.8 Å². The van der Waals surface area contributed by atoms with Crippen molar-refractivity contribution >= 4 is 0 Å². The molecule has 0 unspecified atom stereocenters. The first-order valence-corrected chi connectivity index (χ1v) is 4.43. The Morgan fingerprint density at radius 3 is 2.47 bits per heavy atom. The van der Waals surface area contributed by atoms with E-state index in [0.717, 1.165) is 6.07 Å². The lowest BCUT2D eigenvalue weighted by Gasteiger charge is -2.12. The van der Waals surface area contributed by atoms with Crippen LogP contribution in [0.2, 0.25) is 0 Å². The molecule has 0 aliphatic carbocycles. The highest BCUT2D eigenvalue weighted by atomic mass is 19.4. The molecule has 0 atom stereocenters. The maximum Gasteiger partial charge on any atom is 0.419 e. The molecule has 0 aliphatic rings. The molecule has 5 heteroatoms. The van der Waals surface area contributed by atoms with E-state index in [1.165, 1.54) is 18.2 Å². The lowest BCUT2D eigenvalue weighted by atomic mass is 10.2. The fourth-order valence-corrected chi connectivity index (χ4v) is 1.07. The summed E-state index contributed by atoms with van der Waals surface area (Å²) < 4.78 is 42.1. The topological polar surface area (TPSA) is 29.1 Å². The van der Waals surface area contributed by atoms with E-state index >= 15 is 0 Å². The van der Waals surface area contributed by atoms with E-state index in [2.05, 4.69) is 0 Å². The molecule has 0 saturated heterocycles. The predicted molar refractivity (Wildman–Crippen MR) is 47.1 cm³/mol. The Balaban J connectivity index is 2.78. The van der Waals surface area contributed by atoms with Crippen LogP contribution in [0.5, 0.6) is 5.75 Å². The zero-order valence-corrected chi connectivity index (χ0v) is 7.88. The average molecular weight is 219 g/mol. The minimum absolute atomic E-state index is 0.0105. The van der Waals surface area contributed by atoms with Crippen molar-refractivity contribution in [2.24, 2.45) is 0 Å². The SMILES string of the molecule is [O]CCCOc1ccccc1C(F)(F)F. The molecule has 1 aromatic carbocycles. The van der Waals surface area contributed by atoms with Crippen molar-refractivity contribution in [3.8, 4) is 5.75 Å². The number of halogens is 3. The Bertz CT molecular complexity index is 310. The van der Waals surface area contributed by atoms with E-state index < -0.39 is 11.7 Å². The summed E-state index contributed by atoms with van der Waals surface area (Å²) in [6.45, 7) is -0.342. The molecule has 1 rings (SSSR count). The van der Waals surface area contributed by atoms with Gasteiger partial charge in [-0.25, -0.2) is 5.11 Å². The van der Waals surface area contributed by atoms with Crippen molar-refractivity contribution in [1.82, 2.24) is 0 Å². The van der Waals surface area contributed by atoms with Gasteiger partial charge in [0.2, 0.25) is 0 Å². The summed E-state index contributed by atoms with van der Waals surface area (Å²) in [5.41, 5.74) is -0.809. The van der Waals surface area contributed by atoms with E-state index in [1.807, 2.05) is 0 Å². The average Bonchev–Trinajstić information content (AvgIpc) is 2.17. The maximum atomic E-state index is 12.4. The number of ether oxygens (including phenoxy) is 1. The molecule has 0 amide bonds. The van der Waals surface area contributed by atoms with Crippen LogP contribution >= 0.6 is 0 Å². The van der Waals surface area contributed by atoms with Crippen LogP contribution < -0.4 is 4.74 Å². The monoisotopic (exact) mass is 219 g/mol. The molecule has 1 radical (unpaired) electrons. The van der Waals surface area contributed by atoms with Crippen molar-refractivity contribution in [3.05, 3.63) is 29.8 Å². The Labute approximate surface area is 85.3 Å². The summed E-state index contributed by atoms with van der Waals surface area (Å²) in [5, 5.41) is 10.1. The molecule has 0 heterocycles. The Morgan fingerprint density at radius 1 is 1.20 bits per heavy atom. The van der Waals surface area contributed by atoms with E-state index in [9.17, 15) is 18.3 Å². The van der Waals surface area contributed by atoms with Crippen molar-refractivity contribution < 1.29 is 23.0 Å².